The Hall–Kier alpha value is -4.45. The van der Waals surface area contributed by atoms with Crippen molar-refractivity contribution in [1.82, 2.24) is 15.0 Å². The lowest BCUT2D eigenvalue weighted by Gasteiger charge is -2.43. The quantitative estimate of drug-likeness (QED) is 0.0104. The van der Waals surface area contributed by atoms with E-state index >= 15 is 0 Å². The summed E-state index contributed by atoms with van der Waals surface area (Å²) in [7, 11) is 3.06. The van der Waals surface area contributed by atoms with Crippen molar-refractivity contribution in [3.8, 4) is 17.0 Å². The molecule has 5 rings (SSSR count). The van der Waals surface area contributed by atoms with Crippen molar-refractivity contribution >= 4 is 17.3 Å². The Morgan fingerprint density at radius 2 is 1.11 bits per heavy atom. The maximum absolute atomic E-state index is 12.9. The van der Waals surface area contributed by atoms with Crippen LogP contribution in [0.4, 0.5) is 4.39 Å². The number of azide groups is 1. The Labute approximate surface area is 556 Å². The Kier molecular flexibility index (Phi) is 37.8. The van der Waals surface area contributed by atoms with Crippen molar-refractivity contribution in [2.45, 2.75) is 265 Å². The number of carbonyl (C=O) groups excluding carboxylic acids is 3. The third-order valence-corrected chi connectivity index (χ3v) is 17.2. The van der Waals surface area contributed by atoms with Crippen LogP contribution in [0.2, 0.25) is 0 Å². The van der Waals surface area contributed by atoms with Gasteiger partial charge in [-0.1, -0.05) is 136 Å². The first-order valence-corrected chi connectivity index (χ1v) is 33.4. The Morgan fingerprint density at radius 3 is 1.54 bits per heavy atom. The maximum atomic E-state index is 12.9. The normalized spacial score (nSPS) is 27.1. The minimum atomic E-state index is -1.26. The van der Waals surface area contributed by atoms with Crippen LogP contribution in [-0.2, 0) is 54.1 Å². The second kappa shape index (κ2) is 42.4. The molecule has 2 aromatic rings. The molecule has 0 bridgehead atoms. The highest BCUT2D eigenvalue weighted by Crippen LogP contribution is 2.36. The molecular weight excluding hydrogens is 1220 g/mol. The first kappa shape index (κ1) is 83.8. The SMILES string of the molecule is C=CCOC1OC(CF)C(O)C(O)C1CCCCCC(=O)C(C)(C)C.CCC(O)COC1OC(Cn2cc(-c3cccc(OC)c3)nn2)C(O)C(O)C1CCCCCC(=O)C(C)(C)C.COCC(O)COC1OC(CN=[N+]=[N-])C(O)C(O)C1CCCCCC(=O)C(C)(C)C. The van der Waals surface area contributed by atoms with Crippen LogP contribution in [-0.4, -0.2) is 213 Å². The lowest BCUT2D eigenvalue weighted by Crippen LogP contribution is -2.56. The summed E-state index contributed by atoms with van der Waals surface area (Å²) in [6.07, 6.45) is 0.390. The molecule has 3 saturated heterocycles. The van der Waals surface area contributed by atoms with Crippen molar-refractivity contribution in [3.63, 3.8) is 0 Å². The van der Waals surface area contributed by atoms with Crippen LogP contribution in [0.5, 0.6) is 5.75 Å². The predicted molar refractivity (Wildman–Crippen MR) is 349 cm³/mol. The number of Topliss-reactive ketones (excluding diaryl/α,β-unsaturated/α-hetero) is 3. The van der Waals surface area contributed by atoms with Crippen LogP contribution < -0.4 is 4.74 Å². The number of aromatic nitrogens is 3. The van der Waals surface area contributed by atoms with Gasteiger partial charge in [-0.15, -0.1) is 11.7 Å². The number of benzene rings is 1. The lowest BCUT2D eigenvalue weighted by atomic mass is 9.85. The van der Waals surface area contributed by atoms with Crippen LogP contribution in [0, 0.1) is 34.0 Å². The summed E-state index contributed by atoms with van der Waals surface area (Å²) in [5.74, 6) is -0.0279. The van der Waals surface area contributed by atoms with E-state index in [0.29, 0.717) is 56.4 Å². The standard InChI is InChI=1S/C29H45N3O7.C20H37N3O7.C19H33FO5/c1-6-20(33)18-38-28-22(13-8-7-9-14-25(34)29(2,3)4)26(35)27(36)24(39-28)17-32-16-23(30-31-32)19-11-10-12-21(15-19)37-5;1-20(2,3)16(25)9-7-5-6-8-14-17(26)18(27)15(10-22-23-21)30-19(14)29-12-13(24)11-28-4;1-5-11-24-18-13(16(22)17(23)14(12-20)25-18)9-7-6-8-10-15(21)19(2,3)4/h10-12,15-16,20,22,24,26-28,33,35-36H,6-9,13-14,17-18H2,1-5H3;13-15,17-19,24,26-27H,5-12H2,1-4H3;5,13-14,16-18,22-23H,1,6-12H2,2-4H3. The molecule has 4 heterocycles. The number of ketones is 3. The minimum Gasteiger partial charge on any atom is -0.497 e. The third-order valence-electron chi connectivity index (χ3n) is 17.2. The number of hydrogen-bond donors (Lipinski definition) is 8. The molecule has 0 spiro atoms. The molecule has 3 fully saturated rings. The number of aliphatic hydroxyl groups is 8. The molecule has 1 aromatic carbocycles. The summed E-state index contributed by atoms with van der Waals surface area (Å²) < 4.78 is 59.1. The van der Waals surface area contributed by atoms with Crippen molar-refractivity contribution in [2.24, 2.45) is 39.1 Å². The van der Waals surface area contributed by atoms with E-state index in [9.17, 15) is 59.6 Å². The molecule has 0 amide bonds. The van der Waals surface area contributed by atoms with Gasteiger partial charge in [-0.2, -0.15) is 0 Å². The smallest absolute Gasteiger partial charge is 0.163 e. The molecule has 1 aromatic heterocycles. The van der Waals surface area contributed by atoms with E-state index in [2.05, 4.69) is 26.9 Å². The number of methoxy groups -OCH3 is 2. The van der Waals surface area contributed by atoms with Crippen molar-refractivity contribution in [1.29, 1.82) is 0 Å². The zero-order chi connectivity index (χ0) is 70.3. The van der Waals surface area contributed by atoms with Crippen LogP contribution in [0.15, 0.2) is 48.2 Å². The van der Waals surface area contributed by atoms with Gasteiger partial charge in [0.15, 0.2) is 18.9 Å². The van der Waals surface area contributed by atoms with E-state index in [-0.39, 0.29) is 73.1 Å². The number of carbonyl (C=O) groups is 3. The summed E-state index contributed by atoms with van der Waals surface area (Å²) in [5.41, 5.74) is 8.99. The van der Waals surface area contributed by atoms with Gasteiger partial charge in [-0.3, -0.25) is 14.4 Å². The fourth-order valence-corrected chi connectivity index (χ4v) is 11.0. The van der Waals surface area contributed by atoms with Gasteiger partial charge in [0.05, 0.1) is 83.3 Å². The minimum absolute atomic E-state index is 0.0633. The average Bonchev–Trinajstić information content (AvgIpc) is 1.31. The zero-order valence-corrected chi connectivity index (χ0v) is 57.9. The van der Waals surface area contributed by atoms with Crippen LogP contribution in [0.3, 0.4) is 0 Å². The van der Waals surface area contributed by atoms with Gasteiger partial charge in [0, 0.05) is 70.8 Å². The Balaban J connectivity index is 0.000000378. The molecular formula is C68H115FN6O19. The molecule has 0 saturated carbocycles. The number of hydrogen-bond acceptors (Lipinski definition) is 22. The Bertz CT molecular complexity index is 2540. The number of rotatable bonds is 37. The van der Waals surface area contributed by atoms with E-state index in [0.717, 1.165) is 63.4 Å². The summed E-state index contributed by atoms with van der Waals surface area (Å²) in [6, 6.07) is 7.47. The second-order valence-electron chi connectivity index (χ2n) is 28.0. The molecule has 26 heteroatoms. The number of unbranched alkanes of at least 4 members (excludes halogenated alkanes) is 6. The molecule has 3 aliphatic rings. The highest BCUT2D eigenvalue weighted by Gasteiger charge is 2.47. The highest BCUT2D eigenvalue weighted by atomic mass is 19.1. The number of aliphatic hydroxyl groups excluding tert-OH is 8. The van der Waals surface area contributed by atoms with Crippen molar-refractivity contribution < 1.29 is 97.5 Å². The van der Waals surface area contributed by atoms with Crippen molar-refractivity contribution in [2.75, 3.05) is 53.9 Å². The van der Waals surface area contributed by atoms with Gasteiger partial charge in [0.1, 0.15) is 72.1 Å². The van der Waals surface area contributed by atoms with Gasteiger partial charge < -0.3 is 78.7 Å². The van der Waals surface area contributed by atoms with Crippen LogP contribution in [0.25, 0.3) is 21.7 Å². The summed E-state index contributed by atoms with van der Waals surface area (Å²) in [6.45, 7) is 22.1. The summed E-state index contributed by atoms with van der Waals surface area (Å²) in [5, 5.41) is 95.0. The molecule has 538 valence electrons. The van der Waals surface area contributed by atoms with E-state index < -0.39 is 110 Å². The molecule has 0 aliphatic carbocycles. The molecule has 3 aliphatic heterocycles. The maximum Gasteiger partial charge on any atom is 0.163 e. The summed E-state index contributed by atoms with van der Waals surface area (Å²) in [4.78, 5) is 38.8. The zero-order valence-electron chi connectivity index (χ0n) is 57.9. The monoisotopic (exact) mass is 1340 g/mol. The lowest BCUT2D eigenvalue weighted by molar-refractivity contribution is -0.288. The topological polar surface area (TPSA) is 366 Å². The van der Waals surface area contributed by atoms with Gasteiger partial charge in [0.2, 0.25) is 0 Å². The summed E-state index contributed by atoms with van der Waals surface area (Å²) >= 11 is 0. The van der Waals surface area contributed by atoms with E-state index in [1.54, 1.807) is 24.1 Å². The predicted octanol–water partition coefficient (Wildman–Crippen LogP) is 8.11. The number of nitrogens with zero attached hydrogens (tertiary/aromatic N) is 6. The number of ether oxygens (including phenoxy) is 8. The van der Waals surface area contributed by atoms with E-state index in [4.69, 9.17) is 43.4 Å². The molecule has 8 N–H and O–H groups in total. The van der Waals surface area contributed by atoms with E-state index in [1.807, 2.05) is 93.5 Å². The van der Waals surface area contributed by atoms with Gasteiger partial charge >= 0.3 is 0 Å². The Morgan fingerprint density at radius 1 is 0.660 bits per heavy atom. The van der Waals surface area contributed by atoms with Crippen LogP contribution in [0.1, 0.15) is 172 Å². The highest BCUT2D eigenvalue weighted by molar-refractivity contribution is 5.84. The van der Waals surface area contributed by atoms with Gasteiger partial charge in [-0.05, 0) is 62.6 Å². The molecule has 25 nitrogen and oxygen atoms in total. The number of halogens is 1. The first-order chi connectivity index (χ1) is 44.4. The number of alkyl halides is 1. The average molecular weight is 1340 g/mol. The molecule has 17 unspecified atom stereocenters. The van der Waals surface area contributed by atoms with Gasteiger partial charge in [0.25, 0.3) is 0 Å². The third kappa shape index (κ3) is 28.6. The molecule has 94 heavy (non-hydrogen) atoms. The van der Waals surface area contributed by atoms with Crippen LogP contribution >= 0.6 is 0 Å². The van der Waals surface area contributed by atoms with Crippen molar-refractivity contribution in [3.05, 3.63) is 53.6 Å². The fourth-order valence-electron chi connectivity index (χ4n) is 11.0. The second-order valence-corrected chi connectivity index (χ2v) is 28.0. The molecule has 0 radical (unpaired) electrons. The van der Waals surface area contributed by atoms with Gasteiger partial charge in [-0.25, -0.2) is 9.07 Å². The van der Waals surface area contributed by atoms with E-state index in [1.165, 1.54) is 7.11 Å². The largest absolute Gasteiger partial charge is 0.497 e. The molecule has 17 atom stereocenters. The fraction of sp³-hybridized carbons (Fsp3) is 0.809. The first-order valence-electron chi connectivity index (χ1n) is 33.4.